The van der Waals surface area contributed by atoms with Gasteiger partial charge in [0, 0.05) is 24.2 Å². The minimum absolute atomic E-state index is 0.0268. The quantitative estimate of drug-likeness (QED) is 0.807. The van der Waals surface area contributed by atoms with Gasteiger partial charge in [-0.1, -0.05) is 0 Å². The third kappa shape index (κ3) is 2.92. The molecule has 2 aromatic heterocycles. The number of aromatic nitrogens is 1. The molecule has 0 aromatic carbocycles. The van der Waals surface area contributed by atoms with Gasteiger partial charge in [0.25, 0.3) is 0 Å². The number of nitrogens with zero attached hydrogens (tertiary/aromatic N) is 2. The predicted octanol–water partition coefficient (Wildman–Crippen LogP) is 3.20. The zero-order valence-electron chi connectivity index (χ0n) is 14.4. The topological polar surface area (TPSA) is 64.7 Å². The summed E-state index contributed by atoms with van der Waals surface area (Å²) in [6, 6.07) is 3.86. The van der Waals surface area contributed by atoms with Gasteiger partial charge in [-0.2, -0.15) is 0 Å². The number of likely N-dealkylation sites (tertiary alicyclic amines) is 1. The lowest BCUT2D eigenvalue weighted by atomic mass is 9.97. The summed E-state index contributed by atoms with van der Waals surface area (Å²) in [5.41, 5.74) is 1.69. The molecule has 0 radical (unpaired) electrons. The van der Waals surface area contributed by atoms with Crippen molar-refractivity contribution in [3.05, 3.63) is 24.1 Å². The number of fused-ring (bicyclic) bond motifs is 1. The number of furan rings is 1. The first-order chi connectivity index (χ1) is 11.5. The Morgan fingerprint density at radius 2 is 2.00 bits per heavy atom. The fraction of sp³-hybridized carbons (Fsp3) is 0.556. The van der Waals surface area contributed by atoms with Crippen molar-refractivity contribution in [3.63, 3.8) is 0 Å². The molecular formula is C18H24N2O4. The second-order valence-corrected chi connectivity index (χ2v) is 6.44. The number of carbonyl (C=O) groups excluding carboxylic acids is 2. The van der Waals surface area contributed by atoms with E-state index in [1.807, 2.05) is 4.90 Å². The Labute approximate surface area is 141 Å². The van der Waals surface area contributed by atoms with Crippen molar-refractivity contribution >= 4 is 23.0 Å². The molecule has 2 aromatic rings. The summed E-state index contributed by atoms with van der Waals surface area (Å²) in [5, 5.41) is 0. The van der Waals surface area contributed by atoms with Gasteiger partial charge in [-0.25, -0.2) is 4.79 Å². The Morgan fingerprint density at radius 3 is 2.67 bits per heavy atom. The van der Waals surface area contributed by atoms with E-state index in [1.165, 1.54) is 0 Å². The van der Waals surface area contributed by atoms with Gasteiger partial charge in [-0.3, -0.25) is 4.79 Å². The number of piperidine rings is 1. The largest absolute Gasteiger partial charge is 0.463 e. The van der Waals surface area contributed by atoms with Gasteiger partial charge in [0.05, 0.1) is 18.4 Å². The van der Waals surface area contributed by atoms with Crippen LogP contribution in [0.15, 0.2) is 22.8 Å². The highest BCUT2D eigenvalue weighted by Crippen LogP contribution is 2.25. The standard InChI is InChI=1S/C18H24N2O4/c1-4-23-18(22)15-10-16-14(8-9-24-16)19(15)11-17(21)20-12(2)6-5-7-13(20)3/h8-10,12-13H,4-7,11H2,1-3H3/t12-,13-/m0/s1. The van der Waals surface area contributed by atoms with Crippen molar-refractivity contribution in [3.8, 4) is 0 Å². The number of ether oxygens (including phenoxy) is 1. The number of rotatable bonds is 4. The molecule has 0 aliphatic carbocycles. The van der Waals surface area contributed by atoms with Crippen molar-refractivity contribution in [1.29, 1.82) is 0 Å². The van der Waals surface area contributed by atoms with Gasteiger partial charge in [-0.15, -0.1) is 0 Å². The van der Waals surface area contributed by atoms with Gasteiger partial charge in [0.15, 0.2) is 5.58 Å². The van der Waals surface area contributed by atoms with E-state index in [0.29, 0.717) is 17.9 Å². The Hall–Kier alpha value is -2.24. The Kier molecular flexibility index (Phi) is 4.64. The Morgan fingerprint density at radius 1 is 1.29 bits per heavy atom. The summed E-state index contributed by atoms with van der Waals surface area (Å²) in [7, 11) is 0. The SMILES string of the molecule is CCOC(=O)c1cc2occc2n1CC(=O)N1[C@@H](C)CCC[C@@H]1C. The van der Waals surface area contributed by atoms with Crippen LogP contribution in [0.4, 0.5) is 0 Å². The average molecular weight is 332 g/mol. The maximum Gasteiger partial charge on any atom is 0.355 e. The van der Waals surface area contributed by atoms with Gasteiger partial charge in [0.1, 0.15) is 12.2 Å². The zero-order valence-corrected chi connectivity index (χ0v) is 14.4. The summed E-state index contributed by atoms with van der Waals surface area (Å²) in [6.07, 6.45) is 4.75. The molecule has 1 saturated heterocycles. The molecule has 3 rings (SSSR count). The second kappa shape index (κ2) is 6.71. The van der Waals surface area contributed by atoms with Crippen molar-refractivity contribution < 1.29 is 18.7 Å². The van der Waals surface area contributed by atoms with Crippen LogP contribution in [0, 0.1) is 0 Å². The summed E-state index contributed by atoms with van der Waals surface area (Å²) >= 11 is 0. The molecule has 1 fully saturated rings. The van der Waals surface area contributed by atoms with E-state index in [-0.39, 0.29) is 24.5 Å². The Bertz CT molecular complexity index is 735. The van der Waals surface area contributed by atoms with Crippen molar-refractivity contribution in [1.82, 2.24) is 9.47 Å². The molecule has 0 saturated carbocycles. The van der Waals surface area contributed by atoms with Crippen LogP contribution in [-0.4, -0.2) is 40.0 Å². The van der Waals surface area contributed by atoms with E-state index in [0.717, 1.165) is 24.8 Å². The van der Waals surface area contributed by atoms with Crippen LogP contribution in [0.3, 0.4) is 0 Å². The maximum atomic E-state index is 12.9. The first kappa shape index (κ1) is 16.6. The fourth-order valence-electron chi connectivity index (χ4n) is 3.65. The van der Waals surface area contributed by atoms with Crippen LogP contribution in [0.25, 0.3) is 11.1 Å². The average Bonchev–Trinajstić information content (AvgIpc) is 3.10. The predicted molar refractivity (Wildman–Crippen MR) is 89.8 cm³/mol. The lowest BCUT2D eigenvalue weighted by Gasteiger charge is -2.39. The molecule has 3 heterocycles. The monoisotopic (exact) mass is 332 g/mol. The molecule has 1 aliphatic heterocycles. The van der Waals surface area contributed by atoms with Crippen molar-refractivity contribution in [2.45, 2.75) is 58.7 Å². The number of hydrogen-bond acceptors (Lipinski definition) is 4. The minimum Gasteiger partial charge on any atom is -0.463 e. The second-order valence-electron chi connectivity index (χ2n) is 6.44. The molecule has 6 heteroatoms. The Balaban J connectivity index is 1.90. The first-order valence-electron chi connectivity index (χ1n) is 8.58. The van der Waals surface area contributed by atoms with E-state index in [2.05, 4.69) is 13.8 Å². The van der Waals surface area contributed by atoms with Crippen LogP contribution in [-0.2, 0) is 16.1 Å². The fourth-order valence-corrected chi connectivity index (χ4v) is 3.65. The maximum absolute atomic E-state index is 12.9. The van der Waals surface area contributed by atoms with Crippen LogP contribution >= 0.6 is 0 Å². The summed E-state index contributed by atoms with van der Waals surface area (Å²) in [5.74, 6) is -0.407. The van der Waals surface area contributed by atoms with Gasteiger partial charge in [-0.05, 0) is 40.0 Å². The van der Waals surface area contributed by atoms with Crippen LogP contribution in [0.2, 0.25) is 0 Å². The minimum atomic E-state index is -0.434. The molecule has 0 bridgehead atoms. The van der Waals surface area contributed by atoms with Crippen LogP contribution in [0.1, 0.15) is 50.5 Å². The van der Waals surface area contributed by atoms with Gasteiger partial charge in [0.2, 0.25) is 5.91 Å². The molecule has 0 spiro atoms. The lowest BCUT2D eigenvalue weighted by Crippen LogP contribution is -2.48. The molecule has 1 aliphatic rings. The molecule has 0 unspecified atom stereocenters. The number of hydrogen-bond donors (Lipinski definition) is 0. The molecular weight excluding hydrogens is 308 g/mol. The summed E-state index contributed by atoms with van der Waals surface area (Å²) in [4.78, 5) is 27.1. The number of carbonyl (C=O) groups is 2. The van der Waals surface area contributed by atoms with Crippen molar-refractivity contribution in [2.24, 2.45) is 0 Å². The number of esters is 1. The highest BCUT2D eigenvalue weighted by atomic mass is 16.5. The third-order valence-corrected chi connectivity index (χ3v) is 4.78. The normalized spacial score (nSPS) is 21.2. The first-order valence-corrected chi connectivity index (χ1v) is 8.58. The van der Waals surface area contributed by atoms with Gasteiger partial charge < -0.3 is 18.6 Å². The van der Waals surface area contributed by atoms with E-state index in [9.17, 15) is 9.59 Å². The molecule has 2 atom stereocenters. The lowest BCUT2D eigenvalue weighted by molar-refractivity contribution is -0.137. The zero-order chi connectivity index (χ0) is 17.3. The third-order valence-electron chi connectivity index (χ3n) is 4.78. The summed E-state index contributed by atoms with van der Waals surface area (Å²) in [6.45, 7) is 6.34. The van der Waals surface area contributed by atoms with E-state index in [1.54, 1.807) is 29.9 Å². The van der Waals surface area contributed by atoms with Crippen LogP contribution in [0.5, 0.6) is 0 Å². The van der Waals surface area contributed by atoms with Crippen molar-refractivity contribution in [2.75, 3.05) is 6.61 Å². The number of amides is 1. The molecule has 1 amide bonds. The van der Waals surface area contributed by atoms with E-state index >= 15 is 0 Å². The summed E-state index contributed by atoms with van der Waals surface area (Å²) < 4.78 is 12.2. The smallest absolute Gasteiger partial charge is 0.355 e. The van der Waals surface area contributed by atoms with Crippen LogP contribution < -0.4 is 0 Å². The molecule has 6 nitrogen and oxygen atoms in total. The highest BCUT2D eigenvalue weighted by Gasteiger charge is 2.30. The molecule has 24 heavy (non-hydrogen) atoms. The van der Waals surface area contributed by atoms with E-state index < -0.39 is 5.97 Å². The molecule has 130 valence electrons. The highest BCUT2D eigenvalue weighted by molar-refractivity contribution is 5.95. The van der Waals surface area contributed by atoms with Gasteiger partial charge >= 0.3 is 5.97 Å². The molecule has 0 N–H and O–H groups in total. The van der Waals surface area contributed by atoms with E-state index in [4.69, 9.17) is 9.15 Å².